The Kier molecular flexibility index (Phi) is 2.99. The largest absolute Gasteiger partial charge is 0.357 e. The van der Waals surface area contributed by atoms with E-state index in [0.29, 0.717) is 17.3 Å². The highest BCUT2D eigenvalue weighted by Crippen LogP contribution is 2.23. The summed E-state index contributed by atoms with van der Waals surface area (Å²) in [7, 11) is 1.67. The second-order valence-corrected chi connectivity index (χ2v) is 3.57. The predicted molar refractivity (Wildman–Crippen MR) is 61.7 cm³/mol. The van der Waals surface area contributed by atoms with Crippen molar-refractivity contribution in [3.63, 3.8) is 0 Å². The van der Waals surface area contributed by atoms with Crippen molar-refractivity contribution < 1.29 is 8.78 Å². The fourth-order valence-electron chi connectivity index (χ4n) is 1.52. The smallest absolute Gasteiger partial charge is 0.223 e. The van der Waals surface area contributed by atoms with Crippen LogP contribution in [0.3, 0.4) is 0 Å². The van der Waals surface area contributed by atoms with Crippen molar-refractivity contribution in [2.24, 2.45) is 0 Å². The molecule has 0 aliphatic rings. The first-order chi connectivity index (χ1) is 8.11. The molecule has 0 saturated heterocycles. The lowest BCUT2D eigenvalue weighted by molar-refractivity contribution is 0.511. The number of halogens is 2. The molecule has 1 aromatic carbocycles. The molecule has 0 unspecified atom stereocenters. The summed E-state index contributed by atoms with van der Waals surface area (Å²) in [6, 6.07) is 5.62. The van der Waals surface area contributed by atoms with Crippen LogP contribution < -0.4 is 5.32 Å². The Morgan fingerprint density at radius 1 is 1.18 bits per heavy atom. The number of anilines is 1. The van der Waals surface area contributed by atoms with Crippen molar-refractivity contribution >= 4 is 5.95 Å². The molecule has 1 aromatic heterocycles. The van der Waals surface area contributed by atoms with Gasteiger partial charge in [-0.15, -0.1) is 0 Å². The van der Waals surface area contributed by atoms with Gasteiger partial charge in [0.1, 0.15) is 0 Å². The summed E-state index contributed by atoms with van der Waals surface area (Å²) in [6.45, 7) is 1.77. The lowest BCUT2D eigenvalue weighted by Gasteiger charge is -2.06. The second kappa shape index (κ2) is 4.45. The highest BCUT2D eigenvalue weighted by atomic mass is 19.2. The number of hydrogen-bond acceptors (Lipinski definition) is 3. The molecule has 3 nitrogen and oxygen atoms in total. The maximum atomic E-state index is 13.6. The number of hydrogen-bond donors (Lipinski definition) is 1. The SMILES string of the molecule is CNc1nc(C)cc(-c2cccc(F)c2F)n1. The molecule has 2 aromatic rings. The highest BCUT2D eigenvalue weighted by Gasteiger charge is 2.12. The number of aryl methyl sites for hydroxylation is 1. The van der Waals surface area contributed by atoms with Gasteiger partial charge in [-0.3, -0.25) is 0 Å². The Morgan fingerprint density at radius 3 is 2.65 bits per heavy atom. The topological polar surface area (TPSA) is 37.8 Å². The Hall–Kier alpha value is -2.04. The van der Waals surface area contributed by atoms with Gasteiger partial charge in [0.05, 0.1) is 5.69 Å². The van der Waals surface area contributed by atoms with Crippen LogP contribution in [0.1, 0.15) is 5.69 Å². The van der Waals surface area contributed by atoms with Crippen LogP contribution in [0.15, 0.2) is 24.3 Å². The summed E-state index contributed by atoms with van der Waals surface area (Å²) >= 11 is 0. The number of aromatic nitrogens is 2. The summed E-state index contributed by atoms with van der Waals surface area (Å²) in [4.78, 5) is 8.19. The number of nitrogens with zero attached hydrogens (tertiary/aromatic N) is 2. The van der Waals surface area contributed by atoms with E-state index in [0.717, 1.165) is 6.07 Å². The van der Waals surface area contributed by atoms with Crippen molar-refractivity contribution in [1.29, 1.82) is 0 Å². The van der Waals surface area contributed by atoms with Gasteiger partial charge >= 0.3 is 0 Å². The zero-order valence-electron chi connectivity index (χ0n) is 9.46. The molecule has 1 N–H and O–H groups in total. The van der Waals surface area contributed by atoms with Crippen molar-refractivity contribution in [3.05, 3.63) is 41.6 Å². The molecule has 5 heteroatoms. The van der Waals surface area contributed by atoms with Gasteiger partial charge in [0.2, 0.25) is 5.95 Å². The molecular weight excluding hydrogens is 224 g/mol. The van der Waals surface area contributed by atoms with Crippen LogP contribution >= 0.6 is 0 Å². The van der Waals surface area contributed by atoms with E-state index in [-0.39, 0.29) is 5.56 Å². The normalized spacial score (nSPS) is 10.4. The molecule has 0 aliphatic heterocycles. The molecule has 2 rings (SSSR count). The molecular formula is C12H11F2N3. The van der Waals surface area contributed by atoms with Gasteiger partial charge in [-0.05, 0) is 25.1 Å². The van der Waals surface area contributed by atoms with Crippen LogP contribution in [0.4, 0.5) is 14.7 Å². The quantitative estimate of drug-likeness (QED) is 0.869. The molecule has 1 heterocycles. The fraction of sp³-hybridized carbons (Fsp3) is 0.167. The van der Waals surface area contributed by atoms with E-state index >= 15 is 0 Å². The minimum absolute atomic E-state index is 0.131. The van der Waals surface area contributed by atoms with E-state index in [1.807, 2.05) is 0 Å². The Balaban J connectivity index is 2.60. The van der Waals surface area contributed by atoms with Gasteiger partial charge in [0.15, 0.2) is 11.6 Å². The molecule has 0 bridgehead atoms. The highest BCUT2D eigenvalue weighted by molar-refractivity contribution is 5.61. The van der Waals surface area contributed by atoms with Crippen molar-refractivity contribution in [2.75, 3.05) is 12.4 Å². The first-order valence-corrected chi connectivity index (χ1v) is 5.09. The summed E-state index contributed by atoms with van der Waals surface area (Å²) in [5.74, 6) is -1.40. The molecule has 0 fully saturated rings. The summed E-state index contributed by atoms with van der Waals surface area (Å²) in [6.07, 6.45) is 0. The Bertz CT molecular complexity index is 555. The van der Waals surface area contributed by atoms with Gasteiger partial charge in [-0.25, -0.2) is 18.7 Å². The molecule has 88 valence electrons. The average Bonchev–Trinajstić information content (AvgIpc) is 2.31. The third kappa shape index (κ3) is 2.22. The predicted octanol–water partition coefficient (Wildman–Crippen LogP) is 2.77. The third-order valence-corrected chi connectivity index (χ3v) is 2.31. The van der Waals surface area contributed by atoms with E-state index in [1.165, 1.54) is 12.1 Å². The van der Waals surface area contributed by atoms with Gasteiger partial charge in [-0.1, -0.05) is 6.07 Å². The van der Waals surface area contributed by atoms with Crippen LogP contribution in [-0.2, 0) is 0 Å². The molecule has 0 atom stereocenters. The molecule has 0 saturated carbocycles. The molecule has 0 spiro atoms. The zero-order valence-corrected chi connectivity index (χ0v) is 9.46. The molecule has 0 aliphatic carbocycles. The van der Waals surface area contributed by atoms with Crippen LogP contribution in [-0.4, -0.2) is 17.0 Å². The maximum absolute atomic E-state index is 13.6. The van der Waals surface area contributed by atoms with E-state index < -0.39 is 11.6 Å². The Morgan fingerprint density at radius 2 is 1.94 bits per heavy atom. The number of nitrogens with one attached hydrogen (secondary N) is 1. The van der Waals surface area contributed by atoms with Crippen LogP contribution in [0, 0.1) is 18.6 Å². The Labute approximate surface area is 97.5 Å². The van der Waals surface area contributed by atoms with Crippen molar-refractivity contribution in [1.82, 2.24) is 9.97 Å². The maximum Gasteiger partial charge on any atom is 0.223 e. The van der Waals surface area contributed by atoms with Gasteiger partial charge < -0.3 is 5.32 Å². The first-order valence-electron chi connectivity index (χ1n) is 5.09. The van der Waals surface area contributed by atoms with E-state index in [9.17, 15) is 8.78 Å². The number of rotatable bonds is 2. The molecule has 0 amide bonds. The van der Waals surface area contributed by atoms with E-state index in [4.69, 9.17) is 0 Å². The van der Waals surface area contributed by atoms with Gasteiger partial charge in [0, 0.05) is 18.3 Å². The van der Waals surface area contributed by atoms with Gasteiger partial charge in [-0.2, -0.15) is 0 Å². The summed E-state index contributed by atoms with van der Waals surface area (Å²) in [5, 5.41) is 2.77. The molecule has 17 heavy (non-hydrogen) atoms. The minimum atomic E-state index is -0.896. The summed E-state index contributed by atoms with van der Waals surface area (Å²) < 4.78 is 26.7. The molecule has 0 radical (unpaired) electrons. The number of benzene rings is 1. The van der Waals surface area contributed by atoms with Crippen molar-refractivity contribution in [3.8, 4) is 11.3 Å². The third-order valence-electron chi connectivity index (χ3n) is 2.31. The standard InChI is InChI=1S/C12H11F2N3/c1-7-6-10(17-12(15-2)16-7)8-4-3-5-9(13)11(8)14/h3-6H,1-2H3,(H,15,16,17). The van der Waals surface area contributed by atoms with Gasteiger partial charge in [0.25, 0.3) is 0 Å². The zero-order chi connectivity index (χ0) is 12.4. The monoisotopic (exact) mass is 235 g/mol. The summed E-state index contributed by atoms with van der Waals surface area (Å²) in [5.41, 5.74) is 1.17. The average molecular weight is 235 g/mol. The lowest BCUT2D eigenvalue weighted by atomic mass is 10.1. The fourth-order valence-corrected chi connectivity index (χ4v) is 1.52. The van der Waals surface area contributed by atoms with E-state index in [2.05, 4.69) is 15.3 Å². The lowest BCUT2D eigenvalue weighted by Crippen LogP contribution is -2.00. The van der Waals surface area contributed by atoms with E-state index in [1.54, 1.807) is 20.0 Å². The second-order valence-electron chi connectivity index (χ2n) is 3.57. The minimum Gasteiger partial charge on any atom is -0.357 e. The first kappa shape index (κ1) is 11.4. The van der Waals surface area contributed by atoms with Crippen LogP contribution in [0.2, 0.25) is 0 Å². The van der Waals surface area contributed by atoms with Crippen molar-refractivity contribution in [2.45, 2.75) is 6.92 Å². The van der Waals surface area contributed by atoms with Crippen LogP contribution in [0.25, 0.3) is 11.3 Å². The van der Waals surface area contributed by atoms with Crippen LogP contribution in [0.5, 0.6) is 0 Å².